The summed E-state index contributed by atoms with van der Waals surface area (Å²) in [5.74, 6) is -1.06. The number of carbonyl (C=O) groups excluding carboxylic acids is 1. The summed E-state index contributed by atoms with van der Waals surface area (Å²) in [7, 11) is 1.67. The van der Waals surface area contributed by atoms with Gasteiger partial charge in [-0.1, -0.05) is 60.7 Å². The summed E-state index contributed by atoms with van der Waals surface area (Å²) in [6.45, 7) is 0.412. The monoisotopic (exact) mass is 361 g/mol. The van der Waals surface area contributed by atoms with Crippen molar-refractivity contribution in [2.24, 2.45) is 0 Å². The van der Waals surface area contributed by atoms with Crippen LogP contribution < -0.4 is 5.43 Å². The highest BCUT2D eigenvalue weighted by atomic mass is 16.3. The van der Waals surface area contributed by atoms with E-state index >= 15 is 0 Å². The van der Waals surface area contributed by atoms with Gasteiger partial charge in [-0.2, -0.15) is 5.10 Å². The Morgan fingerprint density at radius 2 is 1.56 bits per heavy atom. The van der Waals surface area contributed by atoms with Gasteiger partial charge in [-0.25, -0.2) is 0 Å². The maximum Gasteiger partial charge on any atom is 0.275 e. The second-order valence-electron chi connectivity index (χ2n) is 6.70. The van der Waals surface area contributed by atoms with Gasteiger partial charge in [0.15, 0.2) is 11.4 Å². The van der Waals surface area contributed by atoms with E-state index in [-0.39, 0.29) is 17.7 Å². The van der Waals surface area contributed by atoms with Crippen LogP contribution in [-0.2, 0) is 0 Å². The second kappa shape index (κ2) is 6.72. The molecule has 4 rings (SSSR count). The fourth-order valence-electron chi connectivity index (χ4n) is 3.74. The van der Waals surface area contributed by atoms with Crippen LogP contribution in [-0.4, -0.2) is 39.3 Å². The Labute approximate surface area is 156 Å². The summed E-state index contributed by atoms with van der Waals surface area (Å²) >= 11 is 0. The van der Waals surface area contributed by atoms with Gasteiger partial charge in [-0.05, 0) is 11.1 Å². The molecule has 0 unspecified atom stereocenters. The zero-order valence-corrected chi connectivity index (χ0v) is 14.8. The number of amides is 1. The number of fused-ring (bicyclic) bond motifs is 1. The fraction of sp³-hybridized carbons (Fsp3) is 0.190. The summed E-state index contributed by atoms with van der Waals surface area (Å²) in [6.07, 6.45) is 1.07. The molecule has 1 N–H and O–H groups in total. The van der Waals surface area contributed by atoms with Crippen molar-refractivity contribution in [2.45, 2.75) is 12.0 Å². The van der Waals surface area contributed by atoms with Gasteiger partial charge in [-0.15, -0.1) is 0 Å². The van der Waals surface area contributed by atoms with Crippen LogP contribution in [0.2, 0.25) is 0 Å². The zero-order chi connectivity index (χ0) is 19.0. The minimum atomic E-state index is -0.653. The van der Waals surface area contributed by atoms with Crippen molar-refractivity contribution >= 4 is 5.91 Å². The van der Waals surface area contributed by atoms with Crippen molar-refractivity contribution < 1.29 is 9.90 Å². The third-order valence-electron chi connectivity index (χ3n) is 5.01. The Morgan fingerprint density at radius 3 is 2.11 bits per heavy atom. The van der Waals surface area contributed by atoms with Gasteiger partial charge < -0.3 is 10.0 Å². The average molecular weight is 361 g/mol. The van der Waals surface area contributed by atoms with E-state index in [2.05, 4.69) is 5.10 Å². The van der Waals surface area contributed by atoms with Crippen LogP contribution in [0.4, 0.5) is 0 Å². The minimum Gasteiger partial charge on any atom is -0.502 e. The van der Waals surface area contributed by atoms with Crippen molar-refractivity contribution in [3.63, 3.8) is 0 Å². The number of benzene rings is 2. The molecule has 0 spiro atoms. The topological polar surface area (TPSA) is 75.4 Å². The number of hydrogen-bond donors (Lipinski definition) is 1. The lowest BCUT2D eigenvalue weighted by Gasteiger charge is -2.37. The Morgan fingerprint density at radius 1 is 1.00 bits per heavy atom. The van der Waals surface area contributed by atoms with Crippen LogP contribution in [0.3, 0.4) is 0 Å². The van der Waals surface area contributed by atoms with Gasteiger partial charge in [0, 0.05) is 19.5 Å². The molecule has 1 atom stereocenters. The SMILES string of the molecule is CN1C[C@H](C(c2ccccc2)c2ccccc2)n2ncc(=O)c(O)c2C1=O. The smallest absolute Gasteiger partial charge is 0.275 e. The van der Waals surface area contributed by atoms with Gasteiger partial charge in [-0.3, -0.25) is 14.3 Å². The quantitative estimate of drug-likeness (QED) is 0.777. The Bertz CT molecular complexity index is 992. The van der Waals surface area contributed by atoms with E-state index in [0.29, 0.717) is 6.54 Å². The molecule has 27 heavy (non-hydrogen) atoms. The number of rotatable bonds is 3. The Kier molecular flexibility index (Phi) is 4.24. The molecule has 0 fully saturated rings. The van der Waals surface area contributed by atoms with Crippen LogP contribution in [0.5, 0.6) is 5.75 Å². The van der Waals surface area contributed by atoms with Gasteiger partial charge in [0.1, 0.15) is 0 Å². The summed E-state index contributed by atoms with van der Waals surface area (Å²) in [4.78, 5) is 26.0. The average Bonchev–Trinajstić information content (AvgIpc) is 2.70. The number of aromatic nitrogens is 2. The lowest BCUT2D eigenvalue weighted by Crippen LogP contribution is -2.45. The molecule has 136 valence electrons. The molecule has 1 aliphatic heterocycles. The first-order chi connectivity index (χ1) is 13.1. The highest BCUT2D eigenvalue weighted by Gasteiger charge is 2.38. The molecule has 1 amide bonds. The molecular formula is C21H19N3O3. The molecule has 6 heteroatoms. The van der Waals surface area contributed by atoms with E-state index in [1.807, 2.05) is 60.7 Å². The molecular weight excluding hydrogens is 342 g/mol. The van der Waals surface area contributed by atoms with E-state index in [9.17, 15) is 14.7 Å². The van der Waals surface area contributed by atoms with Gasteiger partial charge in [0.25, 0.3) is 5.91 Å². The fourth-order valence-corrected chi connectivity index (χ4v) is 3.74. The summed E-state index contributed by atoms with van der Waals surface area (Å²) in [6, 6.07) is 19.7. The predicted molar refractivity (Wildman–Crippen MR) is 101 cm³/mol. The van der Waals surface area contributed by atoms with Crippen LogP contribution in [0.1, 0.15) is 33.6 Å². The number of aromatic hydroxyl groups is 1. The van der Waals surface area contributed by atoms with Crippen molar-refractivity contribution in [1.29, 1.82) is 0 Å². The Hall–Kier alpha value is -3.41. The normalized spacial score (nSPS) is 16.4. The van der Waals surface area contributed by atoms with E-state index in [4.69, 9.17) is 0 Å². The minimum absolute atomic E-state index is 0.0573. The first kappa shape index (κ1) is 17.0. The van der Waals surface area contributed by atoms with E-state index in [0.717, 1.165) is 17.3 Å². The molecule has 0 saturated heterocycles. The number of nitrogens with zero attached hydrogens (tertiary/aromatic N) is 3. The van der Waals surface area contributed by atoms with Crippen LogP contribution >= 0.6 is 0 Å². The van der Waals surface area contributed by atoms with Gasteiger partial charge >= 0.3 is 0 Å². The molecule has 2 aromatic carbocycles. The molecule has 6 nitrogen and oxygen atoms in total. The van der Waals surface area contributed by atoms with Gasteiger partial charge in [0.2, 0.25) is 5.43 Å². The van der Waals surface area contributed by atoms with Crippen molar-refractivity contribution in [3.8, 4) is 5.75 Å². The van der Waals surface area contributed by atoms with Crippen LogP contribution in [0.25, 0.3) is 0 Å². The lowest BCUT2D eigenvalue weighted by atomic mass is 9.84. The first-order valence-electron chi connectivity index (χ1n) is 8.74. The Balaban J connectivity index is 1.94. The third kappa shape index (κ3) is 2.89. The number of hydrogen-bond acceptors (Lipinski definition) is 4. The lowest BCUT2D eigenvalue weighted by molar-refractivity contribution is 0.0686. The summed E-state index contributed by atoms with van der Waals surface area (Å²) in [5, 5.41) is 14.5. The molecule has 0 radical (unpaired) electrons. The largest absolute Gasteiger partial charge is 0.502 e. The van der Waals surface area contributed by atoms with Gasteiger partial charge in [0.05, 0.1) is 12.2 Å². The van der Waals surface area contributed by atoms with Crippen LogP contribution in [0.15, 0.2) is 71.7 Å². The summed E-state index contributed by atoms with van der Waals surface area (Å²) < 4.78 is 1.50. The van der Waals surface area contributed by atoms with Crippen molar-refractivity contribution in [2.75, 3.05) is 13.6 Å². The van der Waals surface area contributed by atoms with E-state index in [1.54, 1.807) is 7.05 Å². The summed E-state index contributed by atoms with van der Waals surface area (Å²) in [5.41, 5.74) is 1.43. The van der Waals surface area contributed by atoms with Crippen molar-refractivity contribution in [1.82, 2.24) is 14.7 Å². The zero-order valence-electron chi connectivity index (χ0n) is 14.8. The standard InChI is InChI=1S/C21H19N3O3/c1-23-13-16(24-19(21(23)27)20(26)17(25)12-22-24)18(14-8-4-2-5-9-14)15-10-6-3-7-11-15/h2-12,16,18,26H,13H2,1H3/t16-/m1/s1. The molecule has 0 bridgehead atoms. The molecule has 0 aliphatic carbocycles. The molecule has 1 aromatic heterocycles. The molecule has 2 heterocycles. The predicted octanol–water partition coefficient (Wildman–Crippen LogP) is 2.41. The first-order valence-corrected chi connectivity index (χ1v) is 8.74. The molecule has 0 saturated carbocycles. The second-order valence-corrected chi connectivity index (χ2v) is 6.70. The molecule has 3 aromatic rings. The maximum atomic E-state index is 12.6. The molecule has 1 aliphatic rings. The third-order valence-corrected chi connectivity index (χ3v) is 5.01. The highest BCUT2D eigenvalue weighted by molar-refractivity contribution is 5.95. The van der Waals surface area contributed by atoms with E-state index < -0.39 is 17.1 Å². The van der Waals surface area contributed by atoms with Crippen LogP contribution in [0, 0.1) is 0 Å². The number of likely N-dealkylation sites (N-methyl/N-ethyl adjacent to an activating group) is 1. The highest BCUT2D eigenvalue weighted by Crippen LogP contribution is 2.38. The number of carbonyl (C=O) groups is 1. The van der Waals surface area contributed by atoms with E-state index in [1.165, 1.54) is 9.58 Å². The maximum absolute atomic E-state index is 12.6. The van der Waals surface area contributed by atoms with Crippen molar-refractivity contribution in [3.05, 3.63) is 93.9 Å².